The van der Waals surface area contributed by atoms with E-state index in [9.17, 15) is 19.7 Å². The molecule has 29 heavy (non-hydrogen) atoms. The molecule has 2 aromatic rings. The van der Waals surface area contributed by atoms with Gasteiger partial charge in [0.05, 0.1) is 16.2 Å². The number of ether oxygens (including phenoxy) is 1. The molecule has 0 aliphatic carbocycles. The molecule has 152 valence electrons. The molecule has 1 fully saturated rings. The van der Waals surface area contributed by atoms with Crippen LogP contribution in [0.4, 0.5) is 17.1 Å². The van der Waals surface area contributed by atoms with E-state index in [0.29, 0.717) is 5.69 Å². The number of esters is 1. The Kier molecular flexibility index (Phi) is 6.28. The maximum absolute atomic E-state index is 12.4. The first kappa shape index (κ1) is 20.5. The monoisotopic (exact) mass is 418 g/mol. The average Bonchev–Trinajstić information content (AvgIpc) is 3.23. The Hall–Kier alpha value is -3.20. The van der Waals surface area contributed by atoms with Gasteiger partial charge in [0, 0.05) is 25.4 Å². The molecule has 0 saturated carbocycles. The third-order valence-electron chi connectivity index (χ3n) is 4.52. The highest BCUT2D eigenvalue weighted by Crippen LogP contribution is 2.32. The quantitative estimate of drug-likeness (QED) is 0.330. The van der Waals surface area contributed by atoms with Crippen LogP contribution >= 0.6 is 11.6 Å². The van der Waals surface area contributed by atoms with E-state index < -0.39 is 22.9 Å². The smallest absolute Gasteiger partial charge is 0.339 e. The molecular formula is C19H19ClN4O5. The van der Waals surface area contributed by atoms with E-state index in [1.807, 2.05) is 4.90 Å². The summed E-state index contributed by atoms with van der Waals surface area (Å²) in [5, 5.41) is 14.1. The molecule has 1 amide bonds. The summed E-state index contributed by atoms with van der Waals surface area (Å²) in [5.74, 6) is -1.43. The summed E-state index contributed by atoms with van der Waals surface area (Å²) in [5.41, 5.74) is 0.591. The van der Waals surface area contributed by atoms with E-state index in [2.05, 4.69) is 10.3 Å². The Balaban J connectivity index is 1.71. The van der Waals surface area contributed by atoms with Gasteiger partial charge in [-0.25, -0.2) is 9.78 Å². The van der Waals surface area contributed by atoms with Gasteiger partial charge >= 0.3 is 5.97 Å². The van der Waals surface area contributed by atoms with E-state index in [1.54, 1.807) is 18.2 Å². The normalized spacial score (nSPS) is 14.3. The zero-order valence-corrected chi connectivity index (χ0v) is 16.4. The number of anilines is 2. The molecule has 1 aromatic heterocycles. The number of rotatable bonds is 6. The maximum atomic E-state index is 12.4. The fourth-order valence-electron chi connectivity index (χ4n) is 3.02. The van der Waals surface area contributed by atoms with E-state index in [4.69, 9.17) is 16.3 Å². The van der Waals surface area contributed by atoms with Gasteiger partial charge in [-0.3, -0.25) is 14.9 Å². The highest BCUT2D eigenvalue weighted by atomic mass is 35.5. The number of amides is 1. The van der Waals surface area contributed by atoms with E-state index >= 15 is 0 Å². The fraction of sp³-hybridized carbons (Fsp3) is 0.316. The maximum Gasteiger partial charge on any atom is 0.339 e. The summed E-state index contributed by atoms with van der Waals surface area (Å²) in [7, 11) is 0. The van der Waals surface area contributed by atoms with Crippen molar-refractivity contribution in [3.05, 3.63) is 57.4 Å². The lowest BCUT2D eigenvalue weighted by molar-refractivity contribution is -0.384. The average molecular weight is 419 g/mol. The van der Waals surface area contributed by atoms with Crippen LogP contribution in [-0.2, 0) is 9.53 Å². The molecular weight excluding hydrogens is 400 g/mol. The number of carbonyl (C=O) groups is 2. The zero-order valence-electron chi connectivity index (χ0n) is 15.6. The minimum absolute atomic E-state index is 0.00120. The summed E-state index contributed by atoms with van der Waals surface area (Å²) in [6.45, 7) is 2.86. The Morgan fingerprint density at radius 1 is 1.31 bits per heavy atom. The number of nitrogens with zero attached hydrogens (tertiary/aromatic N) is 3. The number of halogens is 1. The van der Waals surface area contributed by atoms with Crippen molar-refractivity contribution in [1.29, 1.82) is 0 Å². The van der Waals surface area contributed by atoms with Gasteiger partial charge in [0.2, 0.25) is 0 Å². The molecule has 10 heteroatoms. The van der Waals surface area contributed by atoms with Gasteiger partial charge in [-0.15, -0.1) is 0 Å². The Morgan fingerprint density at radius 2 is 2.03 bits per heavy atom. The van der Waals surface area contributed by atoms with Gasteiger partial charge in [-0.1, -0.05) is 11.6 Å². The minimum atomic E-state index is -1.14. The number of nitrogens with one attached hydrogen (secondary N) is 1. The molecule has 1 saturated heterocycles. The Bertz CT molecular complexity index is 946. The lowest BCUT2D eigenvalue weighted by Crippen LogP contribution is -2.30. The highest BCUT2D eigenvalue weighted by molar-refractivity contribution is 6.32. The summed E-state index contributed by atoms with van der Waals surface area (Å²) in [4.78, 5) is 41.4. The molecule has 2 heterocycles. The number of pyridine rings is 1. The van der Waals surface area contributed by atoms with E-state index in [-0.39, 0.29) is 22.1 Å². The third kappa shape index (κ3) is 4.80. The Labute approximate surface area is 171 Å². The number of carbonyl (C=O) groups excluding carboxylic acids is 2. The van der Waals surface area contributed by atoms with Gasteiger partial charge in [0.25, 0.3) is 11.6 Å². The van der Waals surface area contributed by atoms with Crippen molar-refractivity contribution >= 4 is 40.5 Å². The third-order valence-corrected chi connectivity index (χ3v) is 4.83. The van der Waals surface area contributed by atoms with Crippen LogP contribution in [-0.4, -0.2) is 41.0 Å². The first-order valence-electron chi connectivity index (χ1n) is 9.02. The molecule has 1 unspecified atom stereocenters. The number of hydrogen-bond donors (Lipinski definition) is 1. The first-order valence-corrected chi connectivity index (χ1v) is 9.40. The van der Waals surface area contributed by atoms with Crippen molar-refractivity contribution in [3.63, 3.8) is 0 Å². The second-order valence-corrected chi connectivity index (χ2v) is 6.89. The summed E-state index contributed by atoms with van der Waals surface area (Å²) in [6, 6.07) is 7.34. The number of hydrogen-bond acceptors (Lipinski definition) is 7. The Morgan fingerprint density at radius 3 is 2.69 bits per heavy atom. The van der Waals surface area contributed by atoms with Gasteiger partial charge in [0.15, 0.2) is 11.3 Å². The van der Waals surface area contributed by atoms with Crippen LogP contribution in [0.25, 0.3) is 0 Å². The van der Waals surface area contributed by atoms with Crippen molar-refractivity contribution in [2.75, 3.05) is 23.3 Å². The van der Waals surface area contributed by atoms with Crippen LogP contribution in [0.1, 0.15) is 30.1 Å². The molecule has 9 nitrogen and oxygen atoms in total. The van der Waals surface area contributed by atoms with Crippen molar-refractivity contribution in [1.82, 2.24) is 4.98 Å². The topological polar surface area (TPSA) is 115 Å². The summed E-state index contributed by atoms with van der Waals surface area (Å²) in [6.07, 6.45) is 2.26. The summed E-state index contributed by atoms with van der Waals surface area (Å²) >= 11 is 5.89. The lowest BCUT2D eigenvalue weighted by Gasteiger charge is -2.18. The molecule has 0 radical (unpaired) electrons. The van der Waals surface area contributed by atoms with E-state index in [0.717, 1.165) is 25.9 Å². The van der Waals surface area contributed by atoms with Gasteiger partial charge in [0.1, 0.15) is 5.69 Å². The zero-order chi connectivity index (χ0) is 21.0. The number of nitro benzene ring substituents is 1. The first-order chi connectivity index (χ1) is 13.9. The summed E-state index contributed by atoms with van der Waals surface area (Å²) < 4.78 is 5.16. The lowest BCUT2D eigenvalue weighted by atomic mass is 10.1. The standard InChI is InChI=1S/C19H19ClN4O5/c1-12(18(25)22-14-5-4-8-21-17(14)20)29-19(26)13-6-7-15(16(11-13)24(27)28)23-9-2-3-10-23/h4-8,11-12H,2-3,9-10H2,1H3,(H,22,25). The van der Waals surface area contributed by atoms with Crippen LogP contribution < -0.4 is 10.2 Å². The number of nitro groups is 1. The second kappa shape index (κ2) is 8.87. The predicted octanol–water partition coefficient (Wildman–Crippen LogP) is 3.43. The molecule has 1 aliphatic rings. The molecule has 3 rings (SSSR count). The van der Waals surface area contributed by atoms with Crippen molar-refractivity contribution < 1.29 is 19.2 Å². The van der Waals surface area contributed by atoms with Gasteiger partial charge < -0.3 is 15.0 Å². The number of aromatic nitrogens is 1. The molecule has 0 spiro atoms. The molecule has 1 aromatic carbocycles. The second-order valence-electron chi connectivity index (χ2n) is 6.53. The van der Waals surface area contributed by atoms with Crippen molar-refractivity contribution in [2.24, 2.45) is 0 Å². The van der Waals surface area contributed by atoms with Crippen molar-refractivity contribution in [3.8, 4) is 0 Å². The van der Waals surface area contributed by atoms with Crippen LogP contribution in [0.3, 0.4) is 0 Å². The minimum Gasteiger partial charge on any atom is -0.449 e. The fourth-order valence-corrected chi connectivity index (χ4v) is 3.18. The van der Waals surface area contributed by atoms with Crippen LogP contribution in [0.2, 0.25) is 5.15 Å². The molecule has 1 N–H and O–H groups in total. The molecule has 1 atom stereocenters. The predicted molar refractivity (Wildman–Crippen MR) is 107 cm³/mol. The largest absolute Gasteiger partial charge is 0.449 e. The van der Waals surface area contributed by atoms with Crippen molar-refractivity contribution in [2.45, 2.75) is 25.9 Å². The SMILES string of the molecule is CC(OC(=O)c1ccc(N2CCCC2)c([N+](=O)[O-])c1)C(=O)Nc1cccnc1Cl. The van der Waals surface area contributed by atoms with E-state index in [1.165, 1.54) is 25.3 Å². The van der Waals surface area contributed by atoms with Gasteiger partial charge in [-0.2, -0.15) is 0 Å². The van der Waals surface area contributed by atoms with Crippen LogP contribution in [0.15, 0.2) is 36.5 Å². The molecule has 0 bridgehead atoms. The molecule has 1 aliphatic heterocycles. The number of benzene rings is 1. The van der Waals surface area contributed by atoms with Gasteiger partial charge in [-0.05, 0) is 44.0 Å². The van der Waals surface area contributed by atoms with Crippen LogP contribution in [0, 0.1) is 10.1 Å². The highest BCUT2D eigenvalue weighted by Gasteiger charge is 2.26. The van der Waals surface area contributed by atoms with Crippen LogP contribution in [0.5, 0.6) is 0 Å².